The van der Waals surface area contributed by atoms with Crippen LogP contribution < -0.4 is 5.32 Å². The zero-order valence-corrected chi connectivity index (χ0v) is 20.0. The number of aliphatic carboxylic acids is 1. The number of carbonyl (C=O) groups is 3. The van der Waals surface area contributed by atoms with Crippen LogP contribution in [0.2, 0.25) is 0 Å². The quantitative estimate of drug-likeness (QED) is 0.554. The summed E-state index contributed by atoms with van der Waals surface area (Å²) in [5.41, 5.74) is 3.58. The molecule has 4 aliphatic rings. The van der Waals surface area contributed by atoms with Crippen LogP contribution in [0.5, 0.6) is 0 Å². The van der Waals surface area contributed by atoms with Crippen molar-refractivity contribution in [1.82, 2.24) is 10.2 Å². The molecule has 0 unspecified atom stereocenters. The van der Waals surface area contributed by atoms with Gasteiger partial charge in [-0.2, -0.15) is 0 Å². The molecule has 2 bridgehead atoms. The third kappa shape index (κ3) is 4.17. The van der Waals surface area contributed by atoms with Crippen molar-refractivity contribution >= 4 is 18.0 Å². The van der Waals surface area contributed by atoms with Gasteiger partial charge in [0, 0.05) is 24.9 Å². The van der Waals surface area contributed by atoms with Crippen LogP contribution in [0.3, 0.4) is 0 Å². The summed E-state index contributed by atoms with van der Waals surface area (Å²) in [6, 6.07) is 16.0. The SMILES string of the molecule is CCCC[C@@H](CC(=O)N1CC2CC1(C(=O)O)C2)NC(=O)OCC1c2ccccc2-c2ccccc21. The first-order valence-electron chi connectivity index (χ1n) is 12.6. The summed E-state index contributed by atoms with van der Waals surface area (Å²) in [6.07, 6.45) is 3.05. The van der Waals surface area contributed by atoms with E-state index in [9.17, 15) is 19.5 Å². The fourth-order valence-corrected chi connectivity index (χ4v) is 6.11. The molecule has 2 N–H and O–H groups in total. The number of ether oxygens (including phenoxy) is 1. The standard InChI is InChI=1S/C28H32N2O5/c1-2-3-8-19(13-25(31)30-16-18-14-28(30,15-18)26(32)33)29-27(34)35-17-24-22-11-6-4-9-20(22)21-10-5-7-12-23(21)24/h4-7,9-12,18-19,24H,2-3,8,13-17H2,1H3,(H,29,34)(H,32,33)/t18?,19-,28?/m0/s1. The number of rotatable bonds is 9. The predicted octanol–water partition coefficient (Wildman–Crippen LogP) is 4.55. The molecule has 2 aliphatic carbocycles. The summed E-state index contributed by atoms with van der Waals surface area (Å²) in [4.78, 5) is 39.2. The summed E-state index contributed by atoms with van der Waals surface area (Å²) in [7, 11) is 0. The number of alkyl carbamates (subject to hydrolysis) is 1. The summed E-state index contributed by atoms with van der Waals surface area (Å²) in [5, 5.41) is 12.6. The lowest BCUT2D eigenvalue weighted by atomic mass is 9.73. The van der Waals surface area contributed by atoms with Gasteiger partial charge in [-0.25, -0.2) is 9.59 Å². The molecule has 1 saturated carbocycles. The molecule has 2 heterocycles. The zero-order valence-electron chi connectivity index (χ0n) is 20.0. The van der Waals surface area contributed by atoms with Gasteiger partial charge in [0.25, 0.3) is 0 Å². The van der Waals surface area contributed by atoms with E-state index in [-0.39, 0.29) is 36.8 Å². The highest BCUT2D eigenvalue weighted by atomic mass is 16.5. The Morgan fingerprint density at radius 2 is 1.71 bits per heavy atom. The highest BCUT2D eigenvalue weighted by molar-refractivity contribution is 5.90. The fourth-order valence-electron chi connectivity index (χ4n) is 6.11. The summed E-state index contributed by atoms with van der Waals surface area (Å²) in [6.45, 7) is 2.77. The number of nitrogens with zero attached hydrogens (tertiary/aromatic N) is 1. The van der Waals surface area contributed by atoms with Crippen molar-refractivity contribution in [2.75, 3.05) is 13.2 Å². The van der Waals surface area contributed by atoms with Gasteiger partial charge in [0.1, 0.15) is 12.1 Å². The maximum atomic E-state index is 13.1. The molecule has 2 aromatic carbocycles. The molecular weight excluding hydrogens is 444 g/mol. The Morgan fingerprint density at radius 3 is 2.31 bits per heavy atom. The van der Waals surface area contributed by atoms with Gasteiger partial charge in [0.05, 0.1) is 0 Å². The molecule has 2 aromatic rings. The maximum absolute atomic E-state index is 13.1. The highest BCUT2D eigenvalue weighted by Gasteiger charge is 2.62. The third-order valence-electron chi connectivity index (χ3n) is 7.90. The lowest BCUT2D eigenvalue weighted by Crippen LogP contribution is -2.55. The zero-order chi connectivity index (χ0) is 24.6. The maximum Gasteiger partial charge on any atom is 0.407 e. The topological polar surface area (TPSA) is 95.9 Å². The molecule has 184 valence electrons. The average molecular weight is 477 g/mol. The first-order valence-corrected chi connectivity index (χ1v) is 12.6. The Hall–Kier alpha value is -3.35. The van der Waals surface area contributed by atoms with Gasteiger partial charge in [0.2, 0.25) is 5.91 Å². The third-order valence-corrected chi connectivity index (χ3v) is 7.90. The van der Waals surface area contributed by atoms with E-state index in [1.54, 1.807) is 0 Å². The van der Waals surface area contributed by atoms with Crippen molar-refractivity contribution in [2.24, 2.45) is 5.92 Å². The van der Waals surface area contributed by atoms with Crippen molar-refractivity contribution in [3.8, 4) is 11.1 Å². The van der Waals surface area contributed by atoms with Crippen molar-refractivity contribution in [3.63, 3.8) is 0 Å². The summed E-state index contributed by atoms with van der Waals surface area (Å²) >= 11 is 0. The van der Waals surface area contributed by atoms with Gasteiger partial charge in [0.15, 0.2) is 0 Å². The number of hydrogen-bond donors (Lipinski definition) is 2. The van der Waals surface area contributed by atoms with E-state index in [1.807, 2.05) is 24.3 Å². The number of unbranched alkanes of at least 4 members (excludes halogenated alkanes) is 1. The predicted molar refractivity (Wildman–Crippen MR) is 131 cm³/mol. The normalized spacial score (nSPS) is 22.7. The van der Waals surface area contributed by atoms with Gasteiger partial charge in [-0.1, -0.05) is 68.3 Å². The van der Waals surface area contributed by atoms with E-state index in [1.165, 1.54) is 16.0 Å². The van der Waals surface area contributed by atoms with Crippen LogP contribution in [0, 0.1) is 5.92 Å². The van der Waals surface area contributed by atoms with Gasteiger partial charge >= 0.3 is 12.1 Å². The number of carbonyl (C=O) groups excluding carboxylic acids is 2. The van der Waals surface area contributed by atoms with Crippen LogP contribution in [-0.4, -0.2) is 52.7 Å². The summed E-state index contributed by atoms with van der Waals surface area (Å²) < 4.78 is 5.68. The fraction of sp³-hybridized carbons (Fsp3) is 0.464. The highest BCUT2D eigenvalue weighted by Crippen LogP contribution is 2.51. The minimum Gasteiger partial charge on any atom is -0.479 e. The number of benzene rings is 2. The Labute approximate surface area is 205 Å². The molecule has 2 amide bonds. The van der Waals surface area contributed by atoms with Crippen LogP contribution in [-0.2, 0) is 14.3 Å². The summed E-state index contributed by atoms with van der Waals surface area (Å²) in [5.74, 6) is -0.878. The molecule has 1 atom stereocenters. The number of carboxylic acids is 1. The molecule has 3 fully saturated rings. The second-order valence-electron chi connectivity index (χ2n) is 10.1. The van der Waals surface area contributed by atoms with Gasteiger partial charge in [-0.05, 0) is 47.4 Å². The Balaban J connectivity index is 1.22. The van der Waals surface area contributed by atoms with E-state index in [0.717, 1.165) is 24.0 Å². The lowest BCUT2D eigenvalue weighted by Gasteiger charge is -2.38. The number of carboxylic acid groups (broad SMARTS) is 1. The molecule has 35 heavy (non-hydrogen) atoms. The van der Waals surface area contributed by atoms with E-state index in [2.05, 4.69) is 36.5 Å². The minimum atomic E-state index is -1.04. The molecule has 7 heteroatoms. The van der Waals surface area contributed by atoms with Crippen LogP contribution in [0.1, 0.15) is 62.5 Å². The van der Waals surface area contributed by atoms with Crippen LogP contribution in [0.4, 0.5) is 4.79 Å². The second kappa shape index (κ2) is 9.36. The van der Waals surface area contributed by atoms with E-state index in [0.29, 0.717) is 25.8 Å². The molecule has 7 nitrogen and oxygen atoms in total. The Morgan fingerprint density at radius 1 is 1.09 bits per heavy atom. The molecule has 2 aliphatic heterocycles. The van der Waals surface area contributed by atoms with E-state index >= 15 is 0 Å². The van der Waals surface area contributed by atoms with Crippen molar-refractivity contribution in [2.45, 2.75) is 62.9 Å². The Bertz CT molecular complexity index is 1090. The van der Waals surface area contributed by atoms with Crippen molar-refractivity contribution in [3.05, 3.63) is 59.7 Å². The number of nitrogens with one attached hydrogen (secondary N) is 1. The van der Waals surface area contributed by atoms with E-state index < -0.39 is 17.6 Å². The first-order chi connectivity index (χ1) is 16.9. The molecule has 6 rings (SSSR count). The van der Waals surface area contributed by atoms with E-state index in [4.69, 9.17) is 4.74 Å². The van der Waals surface area contributed by atoms with Crippen LogP contribution in [0.25, 0.3) is 11.1 Å². The minimum absolute atomic E-state index is 0.0318. The first kappa shape index (κ1) is 23.4. The number of fused-ring (bicyclic) bond motifs is 4. The average Bonchev–Trinajstić information content (AvgIpc) is 3.50. The van der Waals surface area contributed by atoms with Crippen molar-refractivity contribution in [1.29, 1.82) is 0 Å². The number of hydrogen-bond acceptors (Lipinski definition) is 4. The van der Waals surface area contributed by atoms with Gasteiger partial charge in [-0.3, -0.25) is 4.79 Å². The molecule has 2 saturated heterocycles. The van der Waals surface area contributed by atoms with Crippen LogP contribution >= 0.6 is 0 Å². The monoisotopic (exact) mass is 476 g/mol. The smallest absolute Gasteiger partial charge is 0.407 e. The van der Waals surface area contributed by atoms with Crippen LogP contribution in [0.15, 0.2) is 48.5 Å². The largest absolute Gasteiger partial charge is 0.479 e. The molecule has 0 spiro atoms. The van der Waals surface area contributed by atoms with Crippen molar-refractivity contribution < 1.29 is 24.2 Å². The van der Waals surface area contributed by atoms with Gasteiger partial charge < -0.3 is 20.1 Å². The van der Waals surface area contributed by atoms with Gasteiger partial charge in [-0.15, -0.1) is 0 Å². The molecule has 0 radical (unpaired) electrons. The lowest BCUT2D eigenvalue weighted by molar-refractivity contribution is -0.158. The Kier molecular flexibility index (Phi) is 6.26. The second-order valence-corrected chi connectivity index (χ2v) is 10.1. The molecule has 0 aromatic heterocycles. The molecular formula is C28H32N2O5. The number of amides is 2.